The number of likely N-dealkylation sites (tertiary alicyclic amines) is 1. The fraction of sp³-hybridized carbons (Fsp3) is 0.417. The third-order valence-corrected chi connectivity index (χ3v) is 5.89. The SMILES string of the molecule is COC(=O)c1ccc(CN2CCC[C@H](CCC(=O)Nc3ccc(OC)c(Cl)c3)C2)cc1. The van der Waals surface area contributed by atoms with Crippen LogP contribution in [0.15, 0.2) is 42.5 Å². The Hall–Kier alpha value is -2.57. The summed E-state index contributed by atoms with van der Waals surface area (Å²) in [5.74, 6) is 0.756. The van der Waals surface area contributed by atoms with Gasteiger partial charge >= 0.3 is 5.97 Å². The first-order valence-electron chi connectivity index (χ1n) is 10.5. The van der Waals surface area contributed by atoms with E-state index in [1.807, 2.05) is 12.1 Å². The van der Waals surface area contributed by atoms with E-state index in [1.54, 1.807) is 37.4 Å². The number of methoxy groups -OCH3 is 2. The Bertz CT molecular complexity index is 901. The van der Waals surface area contributed by atoms with E-state index in [9.17, 15) is 9.59 Å². The molecule has 0 spiro atoms. The van der Waals surface area contributed by atoms with Crippen molar-refractivity contribution < 1.29 is 19.1 Å². The highest BCUT2D eigenvalue weighted by molar-refractivity contribution is 6.32. The van der Waals surface area contributed by atoms with Gasteiger partial charge in [-0.15, -0.1) is 0 Å². The Morgan fingerprint density at radius 1 is 1.16 bits per heavy atom. The Balaban J connectivity index is 1.45. The molecular weight excluding hydrogens is 416 g/mol. The summed E-state index contributed by atoms with van der Waals surface area (Å²) in [5, 5.41) is 3.39. The molecule has 31 heavy (non-hydrogen) atoms. The number of amides is 1. The minimum atomic E-state index is -0.320. The fourth-order valence-corrected chi connectivity index (χ4v) is 4.21. The lowest BCUT2D eigenvalue weighted by molar-refractivity contribution is -0.116. The number of rotatable bonds is 8. The second-order valence-electron chi connectivity index (χ2n) is 7.87. The van der Waals surface area contributed by atoms with Crippen LogP contribution in [0, 0.1) is 5.92 Å². The molecule has 1 aliphatic rings. The number of hydrogen-bond donors (Lipinski definition) is 1. The highest BCUT2D eigenvalue weighted by atomic mass is 35.5. The number of hydrogen-bond acceptors (Lipinski definition) is 5. The van der Waals surface area contributed by atoms with Crippen LogP contribution in [0.1, 0.15) is 41.6 Å². The van der Waals surface area contributed by atoms with Crippen LogP contribution in [-0.4, -0.2) is 44.1 Å². The number of esters is 1. The van der Waals surface area contributed by atoms with E-state index in [0.29, 0.717) is 34.4 Å². The van der Waals surface area contributed by atoms with E-state index in [2.05, 4.69) is 10.2 Å². The van der Waals surface area contributed by atoms with Crippen molar-refractivity contribution >= 4 is 29.2 Å². The van der Waals surface area contributed by atoms with E-state index >= 15 is 0 Å². The lowest BCUT2D eigenvalue weighted by atomic mass is 9.93. The maximum absolute atomic E-state index is 12.4. The van der Waals surface area contributed by atoms with Crippen molar-refractivity contribution in [1.29, 1.82) is 0 Å². The van der Waals surface area contributed by atoms with Crippen LogP contribution in [0.5, 0.6) is 5.75 Å². The standard InChI is InChI=1S/C24H29ClN2O4/c1-30-22-11-10-20(14-21(22)25)26-23(28)12-7-17-4-3-13-27(15-17)16-18-5-8-19(9-6-18)24(29)31-2/h5-6,8-11,14,17H,3-4,7,12-13,15-16H2,1-2H3,(H,26,28)/t17-/m1/s1. The Morgan fingerprint density at radius 3 is 2.61 bits per heavy atom. The number of piperidine rings is 1. The quantitative estimate of drug-likeness (QED) is 0.594. The molecule has 1 amide bonds. The van der Waals surface area contributed by atoms with Gasteiger partial charge in [0.1, 0.15) is 5.75 Å². The number of benzene rings is 2. The molecule has 1 fully saturated rings. The number of carbonyl (C=O) groups is 2. The number of nitrogens with zero attached hydrogens (tertiary/aromatic N) is 1. The molecule has 1 saturated heterocycles. The largest absolute Gasteiger partial charge is 0.495 e. The first-order valence-corrected chi connectivity index (χ1v) is 10.9. The molecule has 166 valence electrons. The molecule has 1 heterocycles. The molecule has 0 radical (unpaired) electrons. The highest BCUT2D eigenvalue weighted by Gasteiger charge is 2.21. The van der Waals surface area contributed by atoms with Crippen LogP contribution in [0.3, 0.4) is 0 Å². The van der Waals surface area contributed by atoms with Crippen molar-refractivity contribution in [3.8, 4) is 5.75 Å². The molecule has 3 rings (SSSR count). The zero-order chi connectivity index (χ0) is 22.2. The average Bonchev–Trinajstić information content (AvgIpc) is 2.78. The maximum atomic E-state index is 12.4. The Kier molecular flexibility index (Phi) is 8.32. The van der Waals surface area contributed by atoms with Gasteiger partial charge in [-0.2, -0.15) is 0 Å². The molecule has 1 atom stereocenters. The van der Waals surface area contributed by atoms with E-state index < -0.39 is 0 Å². The van der Waals surface area contributed by atoms with Crippen LogP contribution in [0.4, 0.5) is 5.69 Å². The summed E-state index contributed by atoms with van der Waals surface area (Å²) < 4.78 is 9.88. The van der Waals surface area contributed by atoms with Crippen LogP contribution >= 0.6 is 11.6 Å². The number of anilines is 1. The summed E-state index contributed by atoms with van der Waals surface area (Å²) in [6.07, 6.45) is 3.60. The third-order valence-electron chi connectivity index (χ3n) is 5.60. The molecule has 0 unspecified atom stereocenters. The minimum Gasteiger partial charge on any atom is -0.495 e. The van der Waals surface area contributed by atoms with Crippen molar-refractivity contribution in [3.05, 3.63) is 58.6 Å². The van der Waals surface area contributed by atoms with Gasteiger partial charge in [0.25, 0.3) is 0 Å². The monoisotopic (exact) mass is 444 g/mol. The zero-order valence-electron chi connectivity index (χ0n) is 18.0. The maximum Gasteiger partial charge on any atom is 0.337 e. The molecule has 0 aliphatic carbocycles. The van der Waals surface area contributed by atoms with Gasteiger partial charge in [0, 0.05) is 25.2 Å². The molecule has 0 aromatic heterocycles. The summed E-state index contributed by atoms with van der Waals surface area (Å²) in [7, 11) is 2.95. The van der Waals surface area contributed by atoms with Crippen molar-refractivity contribution in [2.24, 2.45) is 5.92 Å². The van der Waals surface area contributed by atoms with Crippen molar-refractivity contribution in [3.63, 3.8) is 0 Å². The van der Waals surface area contributed by atoms with E-state index in [1.165, 1.54) is 12.7 Å². The van der Waals surface area contributed by atoms with Crippen molar-refractivity contribution in [2.45, 2.75) is 32.2 Å². The molecular formula is C24H29ClN2O4. The van der Waals surface area contributed by atoms with Gasteiger partial charge in [0.2, 0.25) is 5.91 Å². The second kappa shape index (κ2) is 11.2. The third kappa shape index (κ3) is 6.71. The molecule has 1 aliphatic heterocycles. The van der Waals surface area contributed by atoms with Gasteiger partial charge < -0.3 is 14.8 Å². The number of ether oxygens (including phenoxy) is 2. The minimum absolute atomic E-state index is 0.00300. The van der Waals surface area contributed by atoms with E-state index in [-0.39, 0.29) is 11.9 Å². The van der Waals surface area contributed by atoms with E-state index in [4.69, 9.17) is 21.1 Å². The molecule has 6 nitrogen and oxygen atoms in total. The summed E-state index contributed by atoms with van der Waals surface area (Å²) >= 11 is 6.12. The summed E-state index contributed by atoms with van der Waals surface area (Å²) in [6, 6.07) is 12.8. The summed E-state index contributed by atoms with van der Waals surface area (Å²) in [4.78, 5) is 26.4. The average molecular weight is 445 g/mol. The molecule has 2 aromatic carbocycles. The second-order valence-corrected chi connectivity index (χ2v) is 8.28. The van der Waals surface area contributed by atoms with Gasteiger partial charge in [-0.3, -0.25) is 9.69 Å². The molecule has 2 aromatic rings. The highest BCUT2D eigenvalue weighted by Crippen LogP contribution is 2.28. The van der Waals surface area contributed by atoms with Crippen LogP contribution in [-0.2, 0) is 16.1 Å². The van der Waals surface area contributed by atoms with Crippen molar-refractivity contribution in [2.75, 3.05) is 32.6 Å². The van der Waals surface area contributed by atoms with Gasteiger partial charge in [-0.05, 0) is 67.6 Å². The summed E-state index contributed by atoms with van der Waals surface area (Å²) in [6.45, 7) is 2.86. The first-order chi connectivity index (χ1) is 15.0. The van der Waals surface area contributed by atoms with Crippen molar-refractivity contribution in [1.82, 2.24) is 4.90 Å². The topological polar surface area (TPSA) is 67.9 Å². The number of carbonyl (C=O) groups excluding carboxylic acids is 2. The Morgan fingerprint density at radius 2 is 1.94 bits per heavy atom. The number of nitrogens with one attached hydrogen (secondary N) is 1. The fourth-order valence-electron chi connectivity index (χ4n) is 3.96. The van der Waals surface area contributed by atoms with Crippen LogP contribution in [0.25, 0.3) is 0 Å². The number of halogens is 1. The molecule has 1 N–H and O–H groups in total. The van der Waals surface area contributed by atoms with Crippen LogP contribution in [0.2, 0.25) is 5.02 Å². The molecule has 7 heteroatoms. The summed E-state index contributed by atoms with van der Waals surface area (Å²) in [5.41, 5.74) is 2.41. The van der Waals surface area contributed by atoms with Gasteiger partial charge in [0.15, 0.2) is 0 Å². The van der Waals surface area contributed by atoms with Gasteiger partial charge in [-0.1, -0.05) is 23.7 Å². The predicted molar refractivity (Wildman–Crippen MR) is 122 cm³/mol. The normalized spacial score (nSPS) is 16.5. The first kappa shape index (κ1) is 23.1. The van der Waals surface area contributed by atoms with E-state index in [0.717, 1.165) is 38.9 Å². The van der Waals surface area contributed by atoms with Crippen LogP contribution < -0.4 is 10.1 Å². The lowest BCUT2D eigenvalue weighted by Crippen LogP contribution is -2.35. The van der Waals surface area contributed by atoms with Gasteiger partial charge in [-0.25, -0.2) is 4.79 Å². The van der Waals surface area contributed by atoms with Gasteiger partial charge in [0.05, 0.1) is 24.8 Å². The molecule has 0 bridgehead atoms. The molecule has 0 saturated carbocycles. The smallest absolute Gasteiger partial charge is 0.337 e. The lowest BCUT2D eigenvalue weighted by Gasteiger charge is -2.32. The predicted octanol–water partition coefficient (Wildman–Crippen LogP) is 4.77. The zero-order valence-corrected chi connectivity index (χ0v) is 18.8. The Labute approximate surface area is 188 Å².